The fourth-order valence-corrected chi connectivity index (χ4v) is 2.06. The van der Waals surface area contributed by atoms with Gasteiger partial charge in [-0.1, -0.05) is 6.07 Å². The number of hydrogen-bond donors (Lipinski definition) is 0. The predicted octanol–water partition coefficient (Wildman–Crippen LogP) is 2.32. The van der Waals surface area contributed by atoms with Gasteiger partial charge in [-0.25, -0.2) is 4.98 Å². The molecule has 0 aliphatic heterocycles. The molecule has 0 aromatic carbocycles. The summed E-state index contributed by atoms with van der Waals surface area (Å²) in [6.45, 7) is 0. The van der Waals surface area contributed by atoms with Crippen LogP contribution >= 0.6 is 0 Å². The molecule has 1 fully saturated rings. The van der Waals surface area contributed by atoms with E-state index in [0.717, 1.165) is 24.8 Å². The van der Waals surface area contributed by atoms with Crippen LogP contribution in [0.15, 0.2) is 18.3 Å². The molecule has 1 unspecified atom stereocenters. The van der Waals surface area contributed by atoms with E-state index in [2.05, 4.69) is 4.98 Å². The largest absolute Gasteiger partial charge is 0.481 e. The first kappa shape index (κ1) is 10.1. The van der Waals surface area contributed by atoms with Crippen molar-refractivity contribution in [2.75, 3.05) is 7.11 Å². The van der Waals surface area contributed by atoms with Crippen LogP contribution in [-0.4, -0.2) is 17.9 Å². The van der Waals surface area contributed by atoms with Crippen molar-refractivity contribution in [3.8, 4) is 5.88 Å². The lowest BCUT2D eigenvalue weighted by Gasteiger charge is -2.20. The van der Waals surface area contributed by atoms with Crippen LogP contribution < -0.4 is 4.74 Å². The van der Waals surface area contributed by atoms with E-state index in [0.29, 0.717) is 24.0 Å². The Morgan fingerprint density at radius 1 is 1.47 bits per heavy atom. The van der Waals surface area contributed by atoms with Crippen LogP contribution in [0.25, 0.3) is 0 Å². The zero-order valence-corrected chi connectivity index (χ0v) is 8.90. The number of nitrogens with zero attached hydrogens (tertiary/aromatic N) is 1. The molecule has 0 saturated heterocycles. The predicted molar refractivity (Wildman–Crippen MR) is 57.0 cm³/mol. The summed E-state index contributed by atoms with van der Waals surface area (Å²) < 4.78 is 5.00. The van der Waals surface area contributed by atoms with E-state index in [4.69, 9.17) is 4.74 Å². The Morgan fingerprint density at radius 2 is 2.33 bits per heavy atom. The van der Waals surface area contributed by atoms with Crippen molar-refractivity contribution >= 4 is 5.78 Å². The summed E-state index contributed by atoms with van der Waals surface area (Å²) in [7, 11) is 1.60. The van der Waals surface area contributed by atoms with Crippen LogP contribution in [0.1, 0.15) is 37.2 Å². The zero-order chi connectivity index (χ0) is 10.7. The maximum Gasteiger partial charge on any atom is 0.212 e. The molecule has 1 aromatic rings. The second-order valence-electron chi connectivity index (χ2n) is 3.97. The highest BCUT2D eigenvalue weighted by Crippen LogP contribution is 2.30. The minimum absolute atomic E-state index is 0.365. The van der Waals surface area contributed by atoms with Gasteiger partial charge in [-0.3, -0.25) is 4.79 Å². The summed E-state index contributed by atoms with van der Waals surface area (Å²) in [5.41, 5.74) is 1.16. The summed E-state index contributed by atoms with van der Waals surface area (Å²) >= 11 is 0. The number of carbonyl (C=O) groups excluding carboxylic acids is 1. The highest BCUT2D eigenvalue weighted by atomic mass is 16.5. The Kier molecular flexibility index (Phi) is 2.99. The number of ether oxygens (including phenoxy) is 1. The number of carbonyl (C=O) groups is 1. The Hall–Kier alpha value is -1.38. The molecular formula is C12H15NO2. The smallest absolute Gasteiger partial charge is 0.212 e. The SMILES string of the molecule is COc1ccc(C2CCCC(=O)C2)cn1. The average Bonchev–Trinajstić information content (AvgIpc) is 2.29. The first-order chi connectivity index (χ1) is 7.29. The third-order valence-corrected chi connectivity index (χ3v) is 2.92. The molecule has 1 saturated carbocycles. The molecule has 80 valence electrons. The van der Waals surface area contributed by atoms with E-state index >= 15 is 0 Å². The van der Waals surface area contributed by atoms with Crippen molar-refractivity contribution in [3.63, 3.8) is 0 Å². The van der Waals surface area contributed by atoms with Crippen molar-refractivity contribution < 1.29 is 9.53 Å². The third-order valence-electron chi connectivity index (χ3n) is 2.92. The highest BCUT2D eigenvalue weighted by Gasteiger charge is 2.20. The lowest BCUT2D eigenvalue weighted by Crippen LogP contribution is -2.13. The number of rotatable bonds is 2. The van der Waals surface area contributed by atoms with Gasteiger partial charge in [0.05, 0.1) is 7.11 Å². The molecule has 1 aliphatic carbocycles. The summed E-state index contributed by atoms with van der Waals surface area (Å²) in [5.74, 6) is 1.37. The maximum absolute atomic E-state index is 11.3. The van der Waals surface area contributed by atoms with Crippen molar-refractivity contribution in [3.05, 3.63) is 23.9 Å². The van der Waals surface area contributed by atoms with Gasteiger partial charge in [0.25, 0.3) is 0 Å². The van der Waals surface area contributed by atoms with Crippen LogP contribution in [0.2, 0.25) is 0 Å². The molecule has 1 aliphatic rings. The molecule has 2 rings (SSSR count). The number of hydrogen-bond acceptors (Lipinski definition) is 3. The Bertz CT molecular complexity index is 345. The van der Waals surface area contributed by atoms with Crippen molar-refractivity contribution in [1.29, 1.82) is 0 Å². The summed E-state index contributed by atoms with van der Waals surface area (Å²) in [6, 6.07) is 3.86. The molecule has 1 atom stereocenters. The molecule has 1 aromatic heterocycles. The minimum atomic E-state index is 0.365. The van der Waals surface area contributed by atoms with Gasteiger partial charge in [0.1, 0.15) is 5.78 Å². The lowest BCUT2D eigenvalue weighted by molar-refractivity contribution is -0.120. The van der Waals surface area contributed by atoms with Gasteiger partial charge in [0, 0.05) is 25.1 Å². The fourth-order valence-electron chi connectivity index (χ4n) is 2.06. The number of methoxy groups -OCH3 is 1. The number of ketones is 1. The Labute approximate surface area is 89.5 Å². The van der Waals surface area contributed by atoms with Crippen LogP contribution in [0.3, 0.4) is 0 Å². The monoisotopic (exact) mass is 205 g/mol. The molecule has 1 heterocycles. The number of pyridine rings is 1. The Morgan fingerprint density at radius 3 is 2.93 bits per heavy atom. The van der Waals surface area contributed by atoms with Gasteiger partial charge in [-0.2, -0.15) is 0 Å². The minimum Gasteiger partial charge on any atom is -0.481 e. The van der Waals surface area contributed by atoms with E-state index in [9.17, 15) is 4.79 Å². The molecule has 0 spiro atoms. The van der Waals surface area contributed by atoms with Crippen LogP contribution in [0.5, 0.6) is 5.88 Å². The van der Waals surface area contributed by atoms with Crippen molar-refractivity contribution in [2.45, 2.75) is 31.6 Å². The van der Waals surface area contributed by atoms with E-state index in [1.165, 1.54) is 0 Å². The molecule has 0 bridgehead atoms. The molecule has 15 heavy (non-hydrogen) atoms. The van der Waals surface area contributed by atoms with E-state index in [1.807, 2.05) is 18.3 Å². The second-order valence-corrected chi connectivity index (χ2v) is 3.97. The molecule has 0 amide bonds. The summed E-state index contributed by atoms with van der Waals surface area (Å²) in [5, 5.41) is 0. The quantitative estimate of drug-likeness (QED) is 0.743. The van der Waals surface area contributed by atoms with Gasteiger partial charge >= 0.3 is 0 Å². The standard InChI is InChI=1S/C12H15NO2/c1-15-12-6-5-10(8-13-12)9-3-2-4-11(14)7-9/h5-6,8-9H,2-4,7H2,1H3. The van der Waals surface area contributed by atoms with Crippen molar-refractivity contribution in [2.24, 2.45) is 0 Å². The molecule has 3 heteroatoms. The van der Waals surface area contributed by atoms with E-state index in [1.54, 1.807) is 7.11 Å². The molecule has 0 N–H and O–H groups in total. The van der Waals surface area contributed by atoms with E-state index < -0.39 is 0 Å². The average molecular weight is 205 g/mol. The topological polar surface area (TPSA) is 39.2 Å². The number of Topliss-reactive ketones (excluding diaryl/α,β-unsaturated/α-hetero) is 1. The highest BCUT2D eigenvalue weighted by molar-refractivity contribution is 5.80. The van der Waals surface area contributed by atoms with Crippen molar-refractivity contribution in [1.82, 2.24) is 4.98 Å². The molecule has 3 nitrogen and oxygen atoms in total. The van der Waals surface area contributed by atoms with Crippen LogP contribution in [0, 0.1) is 0 Å². The maximum atomic E-state index is 11.3. The number of aromatic nitrogens is 1. The van der Waals surface area contributed by atoms with Gasteiger partial charge in [0.15, 0.2) is 0 Å². The van der Waals surface area contributed by atoms with Crippen LogP contribution in [-0.2, 0) is 4.79 Å². The van der Waals surface area contributed by atoms with Gasteiger partial charge < -0.3 is 4.74 Å². The Balaban J connectivity index is 2.11. The fraction of sp³-hybridized carbons (Fsp3) is 0.500. The lowest BCUT2D eigenvalue weighted by atomic mass is 9.84. The van der Waals surface area contributed by atoms with Gasteiger partial charge in [-0.15, -0.1) is 0 Å². The normalized spacial score (nSPS) is 21.4. The first-order valence-corrected chi connectivity index (χ1v) is 5.31. The van der Waals surface area contributed by atoms with Crippen LogP contribution in [0.4, 0.5) is 0 Å². The second kappa shape index (κ2) is 4.43. The third kappa shape index (κ3) is 2.35. The van der Waals surface area contributed by atoms with Gasteiger partial charge in [0.2, 0.25) is 5.88 Å². The zero-order valence-electron chi connectivity index (χ0n) is 8.90. The summed E-state index contributed by atoms with van der Waals surface area (Å²) in [4.78, 5) is 15.5. The van der Waals surface area contributed by atoms with Gasteiger partial charge in [-0.05, 0) is 24.3 Å². The summed E-state index contributed by atoms with van der Waals surface area (Å²) in [6.07, 6.45) is 5.35. The molecule has 0 radical (unpaired) electrons. The first-order valence-electron chi connectivity index (χ1n) is 5.31. The molecular weight excluding hydrogens is 190 g/mol. The van der Waals surface area contributed by atoms with E-state index in [-0.39, 0.29) is 0 Å².